The van der Waals surface area contributed by atoms with Crippen LogP contribution in [-0.2, 0) is 11.3 Å². The van der Waals surface area contributed by atoms with Crippen molar-refractivity contribution in [2.75, 3.05) is 5.75 Å². The van der Waals surface area contributed by atoms with Gasteiger partial charge in [-0.25, -0.2) is 0 Å². The second-order valence-corrected chi connectivity index (χ2v) is 8.23. The summed E-state index contributed by atoms with van der Waals surface area (Å²) in [5.74, 6) is 1.01. The summed E-state index contributed by atoms with van der Waals surface area (Å²) in [6, 6.07) is 14.7. The Labute approximate surface area is 178 Å². The summed E-state index contributed by atoms with van der Waals surface area (Å²) < 4.78 is 5.74. The van der Waals surface area contributed by atoms with E-state index in [0.29, 0.717) is 33.1 Å². The van der Waals surface area contributed by atoms with Gasteiger partial charge in [-0.15, -0.1) is 22.0 Å². The molecule has 0 saturated carbocycles. The highest BCUT2D eigenvalue weighted by molar-refractivity contribution is 8.00. The van der Waals surface area contributed by atoms with Gasteiger partial charge in [0, 0.05) is 16.0 Å². The number of carbonyl (C=O) groups excluding carboxylic acids is 1. The summed E-state index contributed by atoms with van der Waals surface area (Å²) >= 11 is 13.5. The molecule has 3 rings (SSSR count). The molecule has 146 valence electrons. The molecule has 0 radical (unpaired) electrons. The molecule has 0 fully saturated rings. The first-order chi connectivity index (χ1) is 13.4. The van der Waals surface area contributed by atoms with Gasteiger partial charge in [0.2, 0.25) is 17.7 Å². The number of nitrogens with zero attached hydrogens (tertiary/aromatic N) is 3. The van der Waals surface area contributed by atoms with Crippen LogP contribution in [0.4, 0.5) is 0 Å². The van der Waals surface area contributed by atoms with Crippen molar-refractivity contribution in [3.05, 3.63) is 64.5 Å². The lowest BCUT2D eigenvalue weighted by Crippen LogP contribution is -2.37. The van der Waals surface area contributed by atoms with Crippen LogP contribution in [-0.4, -0.2) is 32.8 Å². The monoisotopic (exact) mass is 435 g/mol. The van der Waals surface area contributed by atoms with E-state index in [4.69, 9.17) is 27.6 Å². The molecular weight excluding hydrogens is 417 g/mol. The zero-order valence-electron chi connectivity index (χ0n) is 15.4. The van der Waals surface area contributed by atoms with Gasteiger partial charge in [-0.1, -0.05) is 35.3 Å². The Kier molecular flexibility index (Phi) is 6.99. The number of amides is 1. The average Bonchev–Trinajstić information content (AvgIpc) is 3.14. The van der Waals surface area contributed by atoms with Gasteiger partial charge >= 0.3 is 0 Å². The van der Waals surface area contributed by atoms with Crippen LogP contribution in [0.5, 0.6) is 0 Å². The molecule has 0 bridgehead atoms. The molecule has 0 aliphatic rings. The van der Waals surface area contributed by atoms with E-state index in [9.17, 15) is 4.79 Å². The van der Waals surface area contributed by atoms with E-state index in [1.54, 1.807) is 11.0 Å². The van der Waals surface area contributed by atoms with Crippen LogP contribution in [0.2, 0.25) is 10.0 Å². The van der Waals surface area contributed by atoms with Crippen LogP contribution in [0, 0.1) is 0 Å². The van der Waals surface area contributed by atoms with E-state index >= 15 is 0 Å². The molecule has 0 unspecified atom stereocenters. The molecule has 1 heterocycles. The normalized spacial score (nSPS) is 11.0. The van der Waals surface area contributed by atoms with Gasteiger partial charge in [0.15, 0.2) is 0 Å². The van der Waals surface area contributed by atoms with Crippen molar-refractivity contribution in [1.82, 2.24) is 15.1 Å². The van der Waals surface area contributed by atoms with Crippen LogP contribution in [0.15, 0.2) is 57.8 Å². The zero-order chi connectivity index (χ0) is 20.1. The second kappa shape index (κ2) is 9.45. The highest BCUT2D eigenvalue weighted by atomic mass is 35.5. The first-order valence-electron chi connectivity index (χ1n) is 8.69. The molecule has 0 atom stereocenters. The molecular formula is C20H19Cl2N3O2S. The molecule has 28 heavy (non-hydrogen) atoms. The smallest absolute Gasteiger partial charge is 0.249 e. The average molecular weight is 436 g/mol. The Morgan fingerprint density at radius 3 is 2.50 bits per heavy atom. The molecule has 3 aromatic rings. The standard InChI is InChI=1S/C20H19Cl2N3O2S/c1-13(2)25(19(26)12-28-15-9-7-14(21)8-10-15)11-18-23-24-20(27-18)16-5-3-4-6-17(16)22/h3-10,13H,11-12H2,1-2H3. The van der Waals surface area contributed by atoms with E-state index in [0.717, 1.165) is 4.90 Å². The van der Waals surface area contributed by atoms with Crippen LogP contribution in [0.1, 0.15) is 19.7 Å². The molecule has 8 heteroatoms. The maximum absolute atomic E-state index is 12.7. The lowest BCUT2D eigenvalue weighted by atomic mass is 10.2. The lowest BCUT2D eigenvalue weighted by Gasteiger charge is -2.25. The summed E-state index contributed by atoms with van der Waals surface area (Å²) in [5.41, 5.74) is 0.670. The van der Waals surface area contributed by atoms with Crippen molar-refractivity contribution in [1.29, 1.82) is 0 Å². The van der Waals surface area contributed by atoms with Crippen molar-refractivity contribution >= 4 is 40.9 Å². The number of hydrogen-bond acceptors (Lipinski definition) is 5. The predicted molar refractivity (Wildman–Crippen MR) is 113 cm³/mol. The number of aromatic nitrogens is 2. The maximum Gasteiger partial charge on any atom is 0.249 e. The number of halogens is 2. The zero-order valence-corrected chi connectivity index (χ0v) is 17.8. The summed E-state index contributed by atoms with van der Waals surface area (Å²) in [6.45, 7) is 4.15. The fourth-order valence-corrected chi connectivity index (χ4v) is 3.65. The first-order valence-corrected chi connectivity index (χ1v) is 10.4. The third kappa shape index (κ3) is 5.28. The summed E-state index contributed by atoms with van der Waals surface area (Å²) in [4.78, 5) is 15.4. The minimum atomic E-state index is -0.00700. The van der Waals surface area contributed by atoms with Gasteiger partial charge in [0.05, 0.1) is 22.9 Å². The Balaban J connectivity index is 1.67. The van der Waals surface area contributed by atoms with Crippen molar-refractivity contribution in [3.63, 3.8) is 0 Å². The lowest BCUT2D eigenvalue weighted by molar-refractivity contribution is -0.131. The summed E-state index contributed by atoms with van der Waals surface area (Å²) in [6.07, 6.45) is 0. The summed E-state index contributed by atoms with van der Waals surface area (Å²) in [7, 11) is 0. The van der Waals surface area contributed by atoms with Crippen LogP contribution in [0.25, 0.3) is 11.5 Å². The number of thioether (sulfide) groups is 1. The van der Waals surface area contributed by atoms with Crippen LogP contribution < -0.4 is 0 Å². The van der Waals surface area contributed by atoms with Crippen molar-refractivity contribution in [3.8, 4) is 11.5 Å². The molecule has 0 N–H and O–H groups in total. The van der Waals surface area contributed by atoms with E-state index < -0.39 is 0 Å². The van der Waals surface area contributed by atoms with Crippen molar-refractivity contribution in [2.24, 2.45) is 0 Å². The van der Waals surface area contributed by atoms with Gasteiger partial charge in [-0.3, -0.25) is 4.79 Å². The minimum Gasteiger partial charge on any atom is -0.419 e. The van der Waals surface area contributed by atoms with Gasteiger partial charge in [-0.05, 0) is 50.2 Å². The van der Waals surface area contributed by atoms with Gasteiger partial charge in [-0.2, -0.15) is 0 Å². The molecule has 0 spiro atoms. The quantitative estimate of drug-likeness (QED) is 0.453. The predicted octanol–water partition coefficient (Wildman–Crippen LogP) is 5.57. The van der Waals surface area contributed by atoms with Gasteiger partial charge in [0.1, 0.15) is 0 Å². The van der Waals surface area contributed by atoms with E-state index in [2.05, 4.69) is 10.2 Å². The molecule has 0 saturated heterocycles. The van der Waals surface area contributed by atoms with E-state index in [1.807, 2.05) is 56.3 Å². The van der Waals surface area contributed by atoms with Crippen LogP contribution in [0.3, 0.4) is 0 Å². The van der Waals surface area contributed by atoms with Crippen LogP contribution >= 0.6 is 35.0 Å². The molecule has 1 amide bonds. The van der Waals surface area contributed by atoms with Gasteiger partial charge in [0.25, 0.3) is 0 Å². The summed E-state index contributed by atoms with van der Waals surface area (Å²) in [5, 5.41) is 9.35. The third-order valence-electron chi connectivity index (χ3n) is 4.00. The number of rotatable bonds is 7. The Morgan fingerprint density at radius 1 is 1.11 bits per heavy atom. The highest BCUT2D eigenvalue weighted by Gasteiger charge is 2.21. The maximum atomic E-state index is 12.7. The largest absolute Gasteiger partial charge is 0.419 e. The van der Waals surface area contributed by atoms with E-state index in [-0.39, 0.29) is 18.5 Å². The van der Waals surface area contributed by atoms with Gasteiger partial charge < -0.3 is 9.32 Å². The molecule has 0 aliphatic carbocycles. The Hall–Kier alpha value is -2.02. The molecule has 0 aliphatic heterocycles. The fraction of sp³-hybridized carbons (Fsp3) is 0.250. The number of benzene rings is 2. The molecule has 5 nitrogen and oxygen atoms in total. The Bertz CT molecular complexity index is 945. The highest BCUT2D eigenvalue weighted by Crippen LogP contribution is 2.27. The molecule has 1 aromatic heterocycles. The second-order valence-electron chi connectivity index (χ2n) is 6.34. The topological polar surface area (TPSA) is 59.2 Å². The Morgan fingerprint density at radius 2 is 1.82 bits per heavy atom. The SMILES string of the molecule is CC(C)N(Cc1nnc(-c2ccccc2Cl)o1)C(=O)CSc1ccc(Cl)cc1. The van der Waals surface area contributed by atoms with Crippen molar-refractivity contribution < 1.29 is 9.21 Å². The number of hydrogen-bond donors (Lipinski definition) is 0. The van der Waals surface area contributed by atoms with Crippen molar-refractivity contribution in [2.45, 2.75) is 31.3 Å². The third-order valence-corrected chi connectivity index (χ3v) is 5.57. The fourth-order valence-electron chi connectivity index (χ4n) is 2.52. The first kappa shape index (κ1) is 20.7. The molecule has 2 aromatic carbocycles. The van der Waals surface area contributed by atoms with E-state index in [1.165, 1.54) is 11.8 Å². The number of carbonyl (C=O) groups is 1. The minimum absolute atomic E-state index is 0.00557.